The minimum absolute atomic E-state index is 0.0750. The Bertz CT molecular complexity index is 624. The fraction of sp³-hybridized carbons (Fsp3) is 0.0833. The van der Waals surface area contributed by atoms with Crippen molar-refractivity contribution in [1.29, 1.82) is 0 Å². The van der Waals surface area contributed by atoms with Gasteiger partial charge < -0.3 is 15.2 Å². The molecule has 0 saturated heterocycles. The third kappa shape index (κ3) is 2.93. The summed E-state index contributed by atoms with van der Waals surface area (Å²) in [6, 6.07) is 5.64. The lowest BCUT2D eigenvalue weighted by Gasteiger charge is -2.06. The van der Waals surface area contributed by atoms with Crippen molar-refractivity contribution in [3.63, 3.8) is 0 Å². The Hall–Kier alpha value is -2.87. The number of hydrogen-bond donors (Lipinski definition) is 3. The third-order valence-electron chi connectivity index (χ3n) is 2.64. The second kappa shape index (κ2) is 5.85. The smallest absolute Gasteiger partial charge is 0.293 e. The molecule has 0 radical (unpaired) electrons. The van der Waals surface area contributed by atoms with E-state index in [9.17, 15) is 14.9 Å². The Kier molecular flexibility index (Phi) is 3.96. The maximum absolute atomic E-state index is 11.9. The summed E-state index contributed by atoms with van der Waals surface area (Å²) in [6.07, 6.45) is 3.02. The van der Waals surface area contributed by atoms with Crippen molar-refractivity contribution in [2.75, 3.05) is 5.43 Å². The average molecular weight is 276 g/mol. The zero-order chi connectivity index (χ0) is 14.5. The van der Waals surface area contributed by atoms with Crippen molar-refractivity contribution < 1.29 is 14.1 Å². The first kappa shape index (κ1) is 13.6. The molecule has 0 unspecified atom stereocenters. The molecule has 1 heterocycles. The zero-order valence-electron chi connectivity index (χ0n) is 10.3. The van der Waals surface area contributed by atoms with Gasteiger partial charge in [0.1, 0.15) is 5.69 Å². The van der Waals surface area contributed by atoms with Crippen LogP contribution in [0.25, 0.3) is 0 Å². The molecule has 0 fully saturated rings. The van der Waals surface area contributed by atoms with E-state index in [2.05, 4.69) is 10.7 Å². The van der Waals surface area contributed by atoms with E-state index in [1.807, 2.05) is 0 Å². The van der Waals surface area contributed by atoms with Gasteiger partial charge >= 0.3 is 0 Å². The van der Waals surface area contributed by atoms with E-state index < -0.39 is 4.92 Å². The molecule has 1 aromatic heterocycles. The van der Waals surface area contributed by atoms with Gasteiger partial charge in [-0.15, -0.1) is 0 Å². The van der Waals surface area contributed by atoms with Crippen LogP contribution < -0.4 is 16.6 Å². The number of nitrogen functional groups attached to an aromatic ring is 1. The summed E-state index contributed by atoms with van der Waals surface area (Å²) < 4.78 is 4.88. The van der Waals surface area contributed by atoms with Crippen LogP contribution in [0.5, 0.6) is 0 Å². The second-order valence-corrected chi connectivity index (χ2v) is 3.95. The highest BCUT2D eigenvalue weighted by atomic mass is 16.6. The van der Waals surface area contributed by atoms with Crippen molar-refractivity contribution in [2.24, 2.45) is 5.84 Å². The van der Waals surface area contributed by atoms with Gasteiger partial charge in [-0.05, 0) is 18.2 Å². The Balaban J connectivity index is 2.12. The molecule has 0 aliphatic heterocycles. The van der Waals surface area contributed by atoms with Crippen molar-refractivity contribution in [1.82, 2.24) is 5.32 Å². The molecule has 2 aromatic rings. The first-order valence-electron chi connectivity index (χ1n) is 5.66. The number of nitro groups is 1. The Morgan fingerprint density at radius 1 is 1.40 bits per heavy atom. The molecule has 8 heteroatoms. The summed E-state index contributed by atoms with van der Waals surface area (Å²) in [4.78, 5) is 22.1. The minimum Gasteiger partial charge on any atom is -0.472 e. The number of anilines is 1. The molecule has 0 atom stereocenters. The molecule has 0 saturated carbocycles. The molecule has 4 N–H and O–H groups in total. The van der Waals surface area contributed by atoms with Crippen LogP contribution in [0.4, 0.5) is 11.4 Å². The van der Waals surface area contributed by atoms with Crippen molar-refractivity contribution in [3.05, 3.63) is 58.0 Å². The van der Waals surface area contributed by atoms with Gasteiger partial charge in [-0.1, -0.05) is 0 Å². The number of hydrogen-bond acceptors (Lipinski definition) is 6. The van der Waals surface area contributed by atoms with Crippen molar-refractivity contribution in [2.45, 2.75) is 6.54 Å². The quantitative estimate of drug-likeness (QED) is 0.431. The van der Waals surface area contributed by atoms with Crippen LogP contribution in [-0.2, 0) is 6.54 Å². The SMILES string of the molecule is NNc1cc(C(=O)NCc2ccoc2)ccc1[N+](=O)[O-]. The van der Waals surface area contributed by atoms with Crippen LogP contribution >= 0.6 is 0 Å². The van der Waals surface area contributed by atoms with Crippen LogP contribution in [0, 0.1) is 10.1 Å². The summed E-state index contributed by atoms with van der Waals surface area (Å²) in [7, 11) is 0. The minimum atomic E-state index is -0.581. The summed E-state index contributed by atoms with van der Waals surface area (Å²) in [5, 5.41) is 13.4. The van der Waals surface area contributed by atoms with Gasteiger partial charge in [0, 0.05) is 23.7 Å². The fourth-order valence-electron chi connectivity index (χ4n) is 1.63. The van der Waals surface area contributed by atoms with Gasteiger partial charge in [0.15, 0.2) is 0 Å². The highest BCUT2D eigenvalue weighted by Gasteiger charge is 2.16. The highest BCUT2D eigenvalue weighted by Crippen LogP contribution is 2.24. The van der Waals surface area contributed by atoms with Crippen molar-refractivity contribution >= 4 is 17.3 Å². The van der Waals surface area contributed by atoms with Crippen LogP contribution in [0.15, 0.2) is 41.2 Å². The number of nitrogens with one attached hydrogen (secondary N) is 2. The Labute approximate surface area is 113 Å². The lowest BCUT2D eigenvalue weighted by atomic mass is 10.1. The van der Waals surface area contributed by atoms with Gasteiger partial charge in [0.2, 0.25) is 0 Å². The van der Waals surface area contributed by atoms with Gasteiger partial charge in [-0.2, -0.15) is 0 Å². The lowest BCUT2D eigenvalue weighted by Crippen LogP contribution is -2.23. The molecule has 1 amide bonds. The molecular formula is C12H12N4O4. The second-order valence-electron chi connectivity index (χ2n) is 3.95. The highest BCUT2D eigenvalue weighted by molar-refractivity contribution is 5.95. The molecule has 0 aliphatic rings. The van der Waals surface area contributed by atoms with E-state index >= 15 is 0 Å². The van der Waals surface area contributed by atoms with Crippen LogP contribution in [0.2, 0.25) is 0 Å². The number of hydrazine groups is 1. The van der Waals surface area contributed by atoms with Gasteiger partial charge in [0.25, 0.3) is 11.6 Å². The fourth-order valence-corrected chi connectivity index (χ4v) is 1.63. The molecule has 2 rings (SSSR count). The van der Waals surface area contributed by atoms with Crippen molar-refractivity contribution in [3.8, 4) is 0 Å². The largest absolute Gasteiger partial charge is 0.472 e. The molecule has 20 heavy (non-hydrogen) atoms. The summed E-state index contributed by atoms with van der Waals surface area (Å²) in [6.45, 7) is 0.303. The van der Waals surface area contributed by atoms with Gasteiger partial charge in [0.05, 0.1) is 17.4 Å². The number of benzene rings is 1. The number of nitrogens with zero attached hydrogens (tertiary/aromatic N) is 1. The molecule has 1 aromatic carbocycles. The van der Waals surface area contributed by atoms with Gasteiger partial charge in [-0.25, -0.2) is 0 Å². The number of carbonyl (C=O) groups excluding carboxylic acids is 1. The molecular weight excluding hydrogens is 264 g/mol. The normalized spacial score (nSPS) is 10.1. The number of carbonyl (C=O) groups is 1. The van der Waals surface area contributed by atoms with Crippen LogP contribution in [0.3, 0.4) is 0 Å². The van der Waals surface area contributed by atoms with E-state index in [0.29, 0.717) is 6.54 Å². The molecule has 104 valence electrons. The molecule has 0 bridgehead atoms. The monoisotopic (exact) mass is 276 g/mol. The first-order chi connectivity index (χ1) is 9.61. The standard InChI is InChI=1S/C12H12N4O4/c13-15-10-5-9(1-2-11(10)16(18)19)12(17)14-6-8-3-4-20-7-8/h1-5,7,15H,6,13H2,(H,14,17). The van der Waals surface area contributed by atoms with Crippen LogP contribution in [-0.4, -0.2) is 10.8 Å². The van der Waals surface area contributed by atoms with E-state index in [1.165, 1.54) is 30.7 Å². The third-order valence-corrected chi connectivity index (χ3v) is 2.64. The lowest BCUT2D eigenvalue weighted by molar-refractivity contribution is -0.384. The maximum atomic E-state index is 11.9. The maximum Gasteiger partial charge on any atom is 0.293 e. The predicted molar refractivity (Wildman–Crippen MR) is 70.8 cm³/mol. The molecule has 0 aliphatic carbocycles. The summed E-state index contributed by atoms with van der Waals surface area (Å²) in [5.41, 5.74) is 3.17. The summed E-state index contributed by atoms with van der Waals surface area (Å²) >= 11 is 0. The predicted octanol–water partition coefficient (Wildman–Crippen LogP) is 1.40. The number of amides is 1. The van der Waals surface area contributed by atoms with E-state index in [0.717, 1.165) is 5.56 Å². The number of nitrogens with two attached hydrogens (primary N) is 1. The molecule has 0 spiro atoms. The first-order valence-corrected chi connectivity index (χ1v) is 5.66. The number of furan rings is 1. The number of nitro benzene ring substituents is 1. The molecule has 8 nitrogen and oxygen atoms in total. The van der Waals surface area contributed by atoms with Crippen LogP contribution in [0.1, 0.15) is 15.9 Å². The Morgan fingerprint density at radius 2 is 2.20 bits per heavy atom. The van der Waals surface area contributed by atoms with Gasteiger partial charge in [-0.3, -0.25) is 20.8 Å². The van der Waals surface area contributed by atoms with E-state index in [-0.39, 0.29) is 22.8 Å². The summed E-state index contributed by atoms with van der Waals surface area (Å²) in [5.74, 6) is 4.85. The van der Waals surface area contributed by atoms with E-state index in [1.54, 1.807) is 6.07 Å². The Morgan fingerprint density at radius 3 is 2.80 bits per heavy atom. The van der Waals surface area contributed by atoms with E-state index in [4.69, 9.17) is 10.3 Å². The average Bonchev–Trinajstić information content (AvgIpc) is 2.97. The zero-order valence-corrected chi connectivity index (χ0v) is 10.3. The number of rotatable bonds is 5. The topological polar surface area (TPSA) is 123 Å².